The molecule has 0 amide bonds. The molecule has 0 spiro atoms. The van der Waals surface area contributed by atoms with Gasteiger partial charge < -0.3 is 10.8 Å². The number of hydrogen-bond donors (Lipinski definition) is 2. The molecule has 78 valence electrons. The number of aromatic hydroxyl groups is 1. The molecule has 0 aliphatic heterocycles. The van der Waals surface area contributed by atoms with Gasteiger partial charge in [-0.25, -0.2) is 8.78 Å². The van der Waals surface area contributed by atoms with Gasteiger partial charge in [0.25, 0.3) is 0 Å². The van der Waals surface area contributed by atoms with E-state index < -0.39 is 18.9 Å². The molecule has 0 fully saturated rings. The van der Waals surface area contributed by atoms with Crippen LogP contribution in [0.15, 0.2) is 22.7 Å². The summed E-state index contributed by atoms with van der Waals surface area (Å²) in [6.45, 7) is 0. The average Bonchev–Trinajstić information content (AvgIpc) is 2.08. The summed E-state index contributed by atoms with van der Waals surface area (Å²) in [5.74, 6) is -0.0688. The fraction of sp³-hybridized carbons (Fsp3) is 0.333. The molecule has 0 saturated carbocycles. The first-order chi connectivity index (χ1) is 6.52. The number of nitrogens with two attached hydrogens (primary N) is 1. The highest BCUT2D eigenvalue weighted by Gasteiger charge is 2.16. The van der Waals surface area contributed by atoms with Gasteiger partial charge in [0.15, 0.2) is 0 Å². The molecule has 0 aliphatic carbocycles. The molecular formula is C9H10BrF2NO. The molecule has 0 aromatic heterocycles. The molecular weight excluding hydrogens is 256 g/mol. The van der Waals surface area contributed by atoms with Gasteiger partial charge in [-0.2, -0.15) is 0 Å². The molecule has 0 aliphatic rings. The minimum atomic E-state index is -2.47. The Morgan fingerprint density at radius 2 is 2.07 bits per heavy atom. The van der Waals surface area contributed by atoms with Crippen LogP contribution in [0.1, 0.15) is 18.0 Å². The Balaban J connectivity index is 2.89. The Labute approximate surface area is 88.9 Å². The van der Waals surface area contributed by atoms with Crippen LogP contribution in [0.25, 0.3) is 0 Å². The third-order valence-electron chi connectivity index (χ3n) is 1.85. The van der Waals surface area contributed by atoms with Crippen LogP contribution in [0.2, 0.25) is 0 Å². The maximum atomic E-state index is 12.0. The van der Waals surface area contributed by atoms with Crippen molar-refractivity contribution < 1.29 is 13.9 Å². The van der Waals surface area contributed by atoms with E-state index in [0.29, 0.717) is 10.0 Å². The maximum Gasteiger partial charge on any atom is 0.240 e. The van der Waals surface area contributed by atoms with Crippen molar-refractivity contribution in [3.8, 4) is 5.75 Å². The first-order valence-corrected chi connectivity index (χ1v) is 4.82. The van der Waals surface area contributed by atoms with Crippen LogP contribution >= 0.6 is 15.9 Å². The largest absolute Gasteiger partial charge is 0.506 e. The molecule has 2 nitrogen and oxygen atoms in total. The van der Waals surface area contributed by atoms with E-state index >= 15 is 0 Å². The number of para-hydroxylation sites is 1. The van der Waals surface area contributed by atoms with Gasteiger partial charge in [-0.1, -0.05) is 12.1 Å². The third-order valence-corrected chi connectivity index (χ3v) is 2.49. The second-order valence-electron chi connectivity index (χ2n) is 2.91. The maximum absolute atomic E-state index is 12.0. The summed E-state index contributed by atoms with van der Waals surface area (Å²) in [6.07, 6.45) is -2.92. The zero-order chi connectivity index (χ0) is 10.7. The van der Waals surface area contributed by atoms with Crippen LogP contribution in [-0.4, -0.2) is 11.5 Å². The number of halogens is 3. The monoisotopic (exact) mass is 265 g/mol. The summed E-state index contributed by atoms with van der Waals surface area (Å²) in [5.41, 5.74) is 5.84. The summed E-state index contributed by atoms with van der Waals surface area (Å²) < 4.78 is 24.5. The van der Waals surface area contributed by atoms with E-state index in [1.807, 2.05) is 0 Å². The van der Waals surface area contributed by atoms with E-state index in [1.54, 1.807) is 12.1 Å². The van der Waals surface area contributed by atoms with E-state index in [2.05, 4.69) is 15.9 Å². The predicted octanol–water partition coefficient (Wildman–Crippen LogP) is 2.81. The second kappa shape index (κ2) is 4.70. The van der Waals surface area contributed by atoms with E-state index in [4.69, 9.17) is 5.73 Å². The lowest BCUT2D eigenvalue weighted by Crippen LogP contribution is -2.14. The number of rotatable bonds is 3. The van der Waals surface area contributed by atoms with Crippen molar-refractivity contribution in [2.45, 2.75) is 18.9 Å². The Morgan fingerprint density at radius 3 is 2.64 bits per heavy atom. The molecule has 0 unspecified atom stereocenters. The molecule has 1 aromatic carbocycles. The van der Waals surface area contributed by atoms with Gasteiger partial charge in [0.2, 0.25) is 6.43 Å². The lowest BCUT2D eigenvalue weighted by atomic mass is 10.0. The van der Waals surface area contributed by atoms with Crippen LogP contribution in [0.3, 0.4) is 0 Å². The Kier molecular flexibility index (Phi) is 3.83. The minimum Gasteiger partial charge on any atom is -0.506 e. The lowest BCUT2D eigenvalue weighted by molar-refractivity contribution is 0.128. The topological polar surface area (TPSA) is 46.2 Å². The van der Waals surface area contributed by atoms with Crippen molar-refractivity contribution in [2.75, 3.05) is 0 Å². The third kappa shape index (κ3) is 2.65. The molecule has 0 heterocycles. The van der Waals surface area contributed by atoms with Gasteiger partial charge in [-0.05, 0) is 22.0 Å². The molecule has 0 saturated heterocycles. The van der Waals surface area contributed by atoms with Crippen molar-refractivity contribution in [3.63, 3.8) is 0 Å². The summed E-state index contributed by atoms with van der Waals surface area (Å²) in [7, 11) is 0. The first-order valence-electron chi connectivity index (χ1n) is 4.03. The molecule has 0 radical (unpaired) electrons. The van der Waals surface area contributed by atoms with Crippen LogP contribution in [0.4, 0.5) is 8.78 Å². The standard InChI is InChI=1S/C9H10BrF2NO/c10-6-3-1-2-5(9(6)14)7(13)4-8(11)12/h1-3,7-8,14H,4,13H2/t7-/m0/s1. The predicted molar refractivity (Wildman–Crippen MR) is 53.4 cm³/mol. The molecule has 0 bridgehead atoms. The zero-order valence-electron chi connectivity index (χ0n) is 7.25. The first kappa shape index (κ1) is 11.4. The molecule has 14 heavy (non-hydrogen) atoms. The molecule has 5 heteroatoms. The number of hydrogen-bond acceptors (Lipinski definition) is 2. The van der Waals surface area contributed by atoms with Gasteiger partial charge in [-0.15, -0.1) is 0 Å². The number of benzene rings is 1. The van der Waals surface area contributed by atoms with Crippen LogP contribution in [0.5, 0.6) is 5.75 Å². The summed E-state index contributed by atoms with van der Waals surface area (Å²) >= 11 is 3.09. The van der Waals surface area contributed by atoms with Crippen molar-refractivity contribution in [1.29, 1.82) is 0 Å². The smallest absolute Gasteiger partial charge is 0.240 e. The number of phenols is 1. The minimum absolute atomic E-state index is 0.0688. The van der Waals surface area contributed by atoms with Crippen LogP contribution in [-0.2, 0) is 0 Å². The highest BCUT2D eigenvalue weighted by atomic mass is 79.9. The molecule has 1 atom stereocenters. The number of phenolic OH excluding ortho intramolecular Hbond substituents is 1. The number of alkyl halides is 2. The SMILES string of the molecule is N[C@@H](CC(F)F)c1cccc(Br)c1O. The Morgan fingerprint density at radius 1 is 1.43 bits per heavy atom. The van der Waals surface area contributed by atoms with E-state index in [9.17, 15) is 13.9 Å². The lowest BCUT2D eigenvalue weighted by Gasteiger charge is -2.13. The van der Waals surface area contributed by atoms with Crippen molar-refractivity contribution >= 4 is 15.9 Å². The van der Waals surface area contributed by atoms with Gasteiger partial charge in [0.05, 0.1) is 4.47 Å². The fourth-order valence-electron chi connectivity index (χ4n) is 1.15. The second-order valence-corrected chi connectivity index (χ2v) is 3.77. The van der Waals surface area contributed by atoms with Crippen molar-refractivity contribution in [1.82, 2.24) is 0 Å². The fourth-order valence-corrected chi connectivity index (χ4v) is 1.53. The Hall–Kier alpha value is -0.680. The summed E-state index contributed by atoms with van der Waals surface area (Å²) in [5, 5.41) is 9.51. The highest BCUT2D eigenvalue weighted by Crippen LogP contribution is 2.32. The van der Waals surface area contributed by atoms with Gasteiger partial charge in [0.1, 0.15) is 5.75 Å². The molecule has 1 rings (SSSR count). The van der Waals surface area contributed by atoms with E-state index in [1.165, 1.54) is 6.07 Å². The van der Waals surface area contributed by atoms with Gasteiger partial charge in [0, 0.05) is 18.0 Å². The van der Waals surface area contributed by atoms with E-state index in [0.717, 1.165) is 0 Å². The average molecular weight is 266 g/mol. The summed E-state index contributed by atoms with van der Waals surface area (Å²) in [6, 6.07) is 3.96. The normalized spacial score (nSPS) is 13.2. The zero-order valence-corrected chi connectivity index (χ0v) is 8.84. The molecule has 1 aromatic rings. The van der Waals surface area contributed by atoms with Gasteiger partial charge in [-0.3, -0.25) is 0 Å². The molecule has 3 N–H and O–H groups in total. The quantitative estimate of drug-likeness (QED) is 0.883. The van der Waals surface area contributed by atoms with Crippen LogP contribution < -0.4 is 5.73 Å². The van der Waals surface area contributed by atoms with Crippen molar-refractivity contribution in [2.24, 2.45) is 5.73 Å². The van der Waals surface area contributed by atoms with E-state index in [-0.39, 0.29) is 5.75 Å². The Bertz CT molecular complexity index is 320. The summed E-state index contributed by atoms with van der Waals surface area (Å²) in [4.78, 5) is 0. The van der Waals surface area contributed by atoms with Crippen LogP contribution in [0, 0.1) is 0 Å². The van der Waals surface area contributed by atoms with Gasteiger partial charge >= 0.3 is 0 Å². The highest BCUT2D eigenvalue weighted by molar-refractivity contribution is 9.10. The van der Waals surface area contributed by atoms with Crippen molar-refractivity contribution in [3.05, 3.63) is 28.2 Å².